The normalized spacial score (nSPS) is 11.4. The fourth-order valence-corrected chi connectivity index (χ4v) is 1.60. The molecule has 0 amide bonds. The van der Waals surface area contributed by atoms with Crippen LogP contribution in [0.1, 0.15) is 19.5 Å². The van der Waals surface area contributed by atoms with Crippen molar-refractivity contribution in [3.63, 3.8) is 0 Å². The summed E-state index contributed by atoms with van der Waals surface area (Å²) in [5.74, 6) is 0.610. The van der Waals surface area contributed by atoms with Crippen LogP contribution in [0, 0.1) is 5.92 Å². The Bertz CT molecular complexity index is 448. The highest BCUT2D eigenvalue weighted by atomic mass is 35.5. The van der Waals surface area contributed by atoms with E-state index in [0.29, 0.717) is 11.1 Å². The van der Waals surface area contributed by atoms with Crippen LogP contribution in [0.15, 0.2) is 18.3 Å². The third-order valence-corrected chi connectivity index (χ3v) is 2.15. The molecule has 14 heavy (non-hydrogen) atoms. The maximum Gasteiger partial charge on any atom is 0.155 e. The minimum atomic E-state index is 0.485. The molecule has 0 radical (unpaired) electrons. The van der Waals surface area contributed by atoms with Crippen LogP contribution in [0.5, 0.6) is 0 Å². The van der Waals surface area contributed by atoms with Gasteiger partial charge in [0.25, 0.3) is 0 Å². The summed E-state index contributed by atoms with van der Waals surface area (Å²) < 4.78 is 1.72. The molecule has 0 fully saturated rings. The Hall–Kier alpha value is -1.09. The van der Waals surface area contributed by atoms with Gasteiger partial charge in [-0.2, -0.15) is 5.10 Å². The molecule has 0 aromatic carbocycles. The number of imidazole rings is 1. The van der Waals surface area contributed by atoms with E-state index in [-0.39, 0.29) is 0 Å². The zero-order valence-corrected chi connectivity index (χ0v) is 8.99. The summed E-state index contributed by atoms with van der Waals surface area (Å²) in [7, 11) is 0. The number of hydrogen-bond acceptors (Lipinski definition) is 2. The molecule has 2 rings (SSSR count). The van der Waals surface area contributed by atoms with Gasteiger partial charge in [-0.25, -0.2) is 9.50 Å². The third kappa shape index (κ3) is 1.87. The van der Waals surface area contributed by atoms with Crippen LogP contribution < -0.4 is 0 Å². The fraction of sp³-hybridized carbons (Fsp3) is 0.400. The summed E-state index contributed by atoms with van der Waals surface area (Å²) in [5, 5.41) is 4.89. The number of hydrogen-bond donors (Lipinski definition) is 0. The molecular weight excluding hydrogens is 198 g/mol. The van der Waals surface area contributed by atoms with E-state index < -0.39 is 0 Å². The number of halogens is 1. The Morgan fingerprint density at radius 3 is 2.93 bits per heavy atom. The zero-order chi connectivity index (χ0) is 10.1. The molecule has 0 atom stereocenters. The molecule has 0 spiro atoms. The van der Waals surface area contributed by atoms with Gasteiger partial charge >= 0.3 is 0 Å². The lowest BCUT2D eigenvalue weighted by Gasteiger charge is -2.03. The second kappa shape index (κ2) is 3.58. The first-order valence-corrected chi connectivity index (χ1v) is 5.04. The van der Waals surface area contributed by atoms with Crippen molar-refractivity contribution in [2.45, 2.75) is 20.3 Å². The number of fused-ring (bicyclic) bond motifs is 1. The predicted octanol–water partition coefficient (Wildman–Crippen LogP) is 2.58. The maximum atomic E-state index is 5.77. The van der Waals surface area contributed by atoms with Gasteiger partial charge in [-0.15, -0.1) is 0 Å². The molecule has 0 N–H and O–H groups in total. The molecule has 4 heteroatoms. The lowest BCUT2D eigenvalue weighted by molar-refractivity contribution is 0.624. The molecule has 0 saturated carbocycles. The summed E-state index contributed by atoms with van der Waals surface area (Å²) in [4.78, 5) is 4.10. The van der Waals surface area contributed by atoms with E-state index in [1.165, 1.54) is 0 Å². The molecule has 0 aliphatic carbocycles. The summed E-state index contributed by atoms with van der Waals surface area (Å²) in [6, 6.07) is 3.94. The van der Waals surface area contributed by atoms with Crippen LogP contribution in [-0.2, 0) is 6.42 Å². The minimum absolute atomic E-state index is 0.485. The Balaban J connectivity index is 2.40. The van der Waals surface area contributed by atoms with Gasteiger partial charge in [-0.1, -0.05) is 25.4 Å². The molecular formula is C10H12ClN3. The van der Waals surface area contributed by atoms with Crippen LogP contribution in [0.3, 0.4) is 0 Å². The Kier molecular flexibility index (Phi) is 2.42. The van der Waals surface area contributed by atoms with Crippen LogP contribution in [0.2, 0.25) is 5.15 Å². The molecule has 0 unspecified atom stereocenters. The molecule has 0 bridgehead atoms. The number of aromatic nitrogens is 3. The Morgan fingerprint density at radius 1 is 1.43 bits per heavy atom. The first-order valence-electron chi connectivity index (χ1n) is 4.66. The third-order valence-electron chi connectivity index (χ3n) is 1.96. The van der Waals surface area contributed by atoms with Crippen LogP contribution >= 0.6 is 11.6 Å². The average Bonchev–Trinajstić information content (AvgIpc) is 2.42. The topological polar surface area (TPSA) is 30.2 Å². The van der Waals surface area contributed by atoms with Crippen LogP contribution in [0.4, 0.5) is 0 Å². The second-order valence-electron chi connectivity index (χ2n) is 3.79. The van der Waals surface area contributed by atoms with Gasteiger partial charge in [0.05, 0.1) is 11.9 Å². The summed E-state index contributed by atoms with van der Waals surface area (Å²) >= 11 is 5.77. The minimum Gasteiger partial charge on any atom is -0.219 e. The number of rotatable bonds is 2. The zero-order valence-electron chi connectivity index (χ0n) is 8.24. The van der Waals surface area contributed by atoms with Crippen LogP contribution in [0.25, 0.3) is 5.65 Å². The largest absolute Gasteiger partial charge is 0.219 e. The summed E-state index contributed by atoms with van der Waals surface area (Å²) in [6.45, 7) is 4.35. The Labute approximate surface area is 87.7 Å². The van der Waals surface area contributed by atoms with E-state index >= 15 is 0 Å². The molecule has 3 nitrogen and oxygen atoms in total. The van der Waals surface area contributed by atoms with Crippen molar-refractivity contribution in [3.05, 3.63) is 29.2 Å². The first kappa shape index (κ1) is 9.46. The van der Waals surface area contributed by atoms with Crippen molar-refractivity contribution in [1.29, 1.82) is 0 Å². The fourth-order valence-electron chi connectivity index (χ4n) is 1.42. The lowest BCUT2D eigenvalue weighted by Crippen LogP contribution is -2.01. The summed E-state index contributed by atoms with van der Waals surface area (Å²) in [6.07, 6.45) is 2.70. The lowest BCUT2D eigenvalue weighted by atomic mass is 10.1. The summed E-state index contributed by atoms with van der Waals surface area (Å²) in [5.41, 5.74) is 1.86. The van der Waals surface area contributed by atoms with Gasteiger partial charge < -0.3 is 0 Å². The molecule has 2 aromatic heterocycles. The molecule has 0 saturated heterocycles. The van der Waals surface area contributed by atoms with E-state index in [4.69, 9.17) is 11.6 Å². The van der Waals surface area contributed by atoms with Crippen LogP contribution in [-0.4, -0.2) is 14.6 Å². The predicted molar refractivity (Wildman–Crippen MR) is 56.5 cm³/mol. The first-order chi connectivity index (χ1) is 6.65. The van der Waals surface area contributed by atoms with Gasteiger partial charge in [0.15, 0.2) is 5.65 Å². The van der Waals surface area contributed by atoms with Crippen molar-refractivity contribution in [2.24, 2.45) is 5.92 Å². The molecule has 2 aromatic rings. The van der Waals surface area contributed by atoms with Gasteiger partial charge in [-0.3, -0.25) is 0 Å². The van der Waals surface area contributed by atoms with E-state index in [2.05, 4.69) is 23.9 Å². The van der Waals surface area contributed by atoms with E-state index in [1.54, 1.807) is 10.7 Å². The van der Waals surface area contributed by atoms with Gasteiger partial charge in [0.2, 0.25) is 0 Å². The molecule has 0 aliphatic rings. The van der Waals surface area contributed by atoms with Gasteiger partial charge in [-0.05, 0) is 24.5 Å². The van der Waals surface area contributed by atoms with E-state index in [0.717, 1.165) is 17.8 Å². The number of nitrogens with zero attached hydrogens (tertiary/aromatic N) is 3. The van der Waals surface area contributed by atoms with E-state index in [9.17, 15) is 0 Å². The SMILES string of the molecule is CC(C)Cc1ccc2nc(Cl)cn2n1. The maximum absolute atomic E-state index is 5.77. The molecule has 74 valence electrons. The highest BCUT2D eigenvalue weighted by molar-refractivity contribution is 6.29. The molecule has 2 heterocycles. The van der Waals surface area contributed by atoms with Crippen molar-refractivity contribution in [1.82, 2.24) is 14.6 Å². The highest BCUT2D eigenvalue weighted by Gasteiger charge is 2.03. The Morgan fingerprint density at radius 2 is 2.21 bits per heavy atom. The monoisotopic (exact) mass is 209 g/mol. The quantitative estimate of drug-likeness (QED) is 0.761. The second-order valence-corrected chi connectivity index (χ2v) is 4.18. The van der Waals surface area contributed by atoms with Crippen molar-refractivity contribution < 1.29 is 0 Å². The van der Waals surface area contributed by atoms with Gasteiger partial charge in [0.1, 0.15) is 5.15 Å². The smallest absolute Gasteiger partial charge is 0.155 e. The standard InChI is InChI=1S/C10H12ClN3/c1-7(2)5-8-3-4-10-12-9(11)6-14(10)13-8/h3-4,6-7H,5H2,1-2H3. The van der Waals surface area contributed by atoms with Crippen molar-refractivity contribution in [2.75, 3.05) is 0 Å². The average molecular weight is 210 g/mol. The van der Waals surface area contributed by atoms with Crippen molar-refractivity contribution in [3.8, 4) is 0 Å². The van der Waals surface area contributed by atoms with Crippen molar-refractivity contribution >= 4 is 17.2 Å². The van der Waals surface area contributed by atoms with E-state index in [1.807, 2.05) is 12.1 Å². The van der Waals surface area contributed by atoms with Gasteiger partial charge in [0, 0.05) is 0 Å². The highest BCUT2D eigenvalue weighted by Crippen LogP contribution is 2.10. The molecule has 0 aliphatic heterocycles.